The Kier molecular flexibility index (Phi) is 7.45. The van der Waals surface area contributed by atoms with Crippen molar-refractivity contribution in [2.75, 3.05) is 5.32 Å². The van der Waals surface area contributed by atoms with Gasteiger partial charge >= 0.3 is 12.4 Å². The molecular weight excluding hydrogens is 545 g/mol. The lowest BCUT2D eigenvalue weighted by atomic mass is 10.0. The van der Waals surface area contributed by atoms with Crippen molar-refractivity contribution in [3.63, 3.8) is 0 Å². The number of halogens is 3. The van der Waals surface area contributed by atoms with E-state index in [0.717, 1.165) is 66.6 Å². The Morgan fingerprint density at radius 1 is 1.00 bits per heavy atom. The third kappa shape index (κ3) is 6.15. The fraction of sp³-hybridized carbons (Fsp3) is 0.107. The molecular formula is C28H21F3N4O2S2. The van der Waals surface area contributed by atoms with Gasteiger partial charge in [0.05, 0.1) is 22.5 Å². The van der Waals surface area contributed by atoms with E-state index in [0.29, 0.717) is 0 Å². The van der Waals surface area contributed by atoms with E-state index in [4.69, 9.17) is 0 Å². The first-order chi connectivity index (χ1) is 18.7. The fourth-order valence-electron chi connectivity index (χ4n) is 4.16. The van der Waals surface area contributed by atoms with Crippen molar-refractivity contribution < 1.29 is 22.7 Å². The summed E-state index contributed by atoms with van der Waals surface area (Å²) >= 11 is 2.21. The topological polar surface area (TPSA) is 75.6 Å². The molecule has 0 aliphatic heterocycles. The van der Waals surface area contributed by atoms with Crippen molar-refractivity contribution in [2.45, 2.75) is 20.2 Å². The van der Waals surface area contributed by atoms with Crippen LogP contribution < -0.4 is 14.8 Å². The van der Waals surface area contributed by atoms with Crippen molar-refractivity contribution in [3.05, 3.63) is 89.5 Å². The Hall–Kier alpha value is -4.09. The zero-order valence-electron chi connectivity index (χ0n) is 20.7. The zero-order chi connectivity index (χ0) is 27.6. The molecule has 11 heteroatoms. The van der Waals surface area contributed by atoms with Crippen molar-refractivity contribution in [2.24, 2.45) is 4.40 Å². The molecule has 2 amide bonds. The number of hydrogen-bond donors (Lipinski definition) is 2. The smallest absolute Gasteiger partial charge is 0.406 e. The maximum Gasteiger partial charge on any atom is 0.573 e. The van der Waals surface area contributed by atoms with Gasteiger partial charge in [0.2, 0.25) is 0 Å². The van der Waals surface area contributed by atoms with Crippen LogP contribution in [0.2, 0.25) is 0 Å². The largest absolute Gasteiger partial charge is 0.573 e. The van der Waals surface area contributed by atoms with Crippen LogP contribution in [0.3, 0.4) is 0 Å². The number of aryl methyl sites for hydroxylation is 2. The van der Waals surface area contributed by atoms with Crippen molar-refractivity contribution in [1.82, 2.24) is 9.10 Å². The summed E-state index contributed by atoms with van der Waals surface area (Å²) in [7, 11) is 0. The monoisotopic (exact) mass is 566 g/mol. The van der Waals surface area contributed by atoms with E-state index in [1.54, 1.807) is 18.3 Å². The van der Waals surface area contributed by atoms with E-state index in [9.17, 15) is 18.0 Å². The van der Waals surface area contributed by atoms with Gasteiger partial charge in [0.15, 0.2) is 0 Å². The van der Waals surface area contributed by atoms with Gasteiger partial charge in [-0.1, -0.05) is 42.5 Å². The van der Waals surface area contributed by atoms with E-state index in [2.05, 4.69) is 23.5 Å². The third-order valence-corrected chi connectivity index (χ3v) is 7.35. The van der Waals surface area contributed by atoms with Crippen molar-refractivity contribution >= 4 is 63.3 Å². The molecule has 39 heavy (non-hydrogen) atoms. The van der Waals surface area contributed by atoms with Gasteiger partial charge in [0, 0.05) is 22.7 Å². The first-order valence-electron chi connectivity index (χ1n) is 11.7. The van der Waals surface area contributed by atoms with Crippen LogP contribution in [0.5, 0.6) is 5.75 Å². The molecule has 1 aromatic heterocycles. The highest BCUT2D eigenvalue weighted by Gasteiger charge is 2.31. The van der Waals surface area contributed by atoms with Gasteiger partial charge in [-0.3, -0.25) is 4.72 Å². The first kappa shape index (κ1) is 26.5. The lowest BCUT2D eigenvalue weighted by molar-refractivity contribution is -0.274. The molecule has 0 fully saturated rings. The van der Waals surface area contributed by atoms with Gasteiger partial charge in [-0.05, 0) is 83.4 Å². The summed E-state index contributed by atoms with van der Waals surface area (Å²) in [6.45, 7) is 3.87. The van der Waals surface area contributed by atoms with E-state index >= 15 is 0 Å². The fourth-order valence-corrected chi connectivity index (χ4v) is 5.40. The summed E-state index contributed by atoms with van der Waals surface area (Å²) in [4.78, 5) is 13.1. The Balaban J connectivity index is 1.27. The van der Waals surface area contributed by atoms with Crippen LogP contribution in [0, 0.1) is 13.8 Å². The summed E-state index contributed by atoms with van der Waals surface area (Å²) in [6, 6.07) is 21.0. The van der Waals surface area contributed by atoms with Crippen molar-refractivity contribution in [1.29, 1.82) is 0 Å². The van der Waals surface area contributed by atoms with Gasteiger partial charge in [-0.25, -0.2) is 9.19 Å². The molecule has 4 aromatic carbocycles. The zero-order valence-corrected chi connectivity index (χ0v) is 22.3. The Bertz CT molecular complexity index is 1680. The number of ether oxygens (including phenoxy) is 1. The average molecular weight is 567 g/mol. The second-order valence-electron chi connectivity index (χ2n) is 8.67. The maximum absolute atomic E-state index is 12.5. The minimum absolute atomic E-state index is 0.268. The number of carbonyl (C=O) groups is 1. The van der Waals surface area contributed by atoms with Gasteiger partial charge in [-0.15, -0.1) is 13.2 Å². The second-order valence-corrected chi connectivity index (χ2v) is 10.0. The maximum atomic E-state index is 12.5. The molecule has 2 N–H and O–H groups in total. The standard InChI is InChI=1S/C28H21F3N4O2S2/c1-16-4-3-5-17(2)24(16)33-27(36)35-39-32-15-18-6-12-22-20(14-18)9-13-23-25(22)34-38-26(23)19-7-10-21(11-8-19)37-28(29,30)31/h3-15H,1-2H3,(H2,33,35,36)/b32-15+. The Morgan fingerprint density at radius 3 is 2.44 bits per heavy atom. The summed E-state index contributed by atoms with van der Waals surface area (Å²) in [5.41, 5.74) is 5.14. The van der Waals surface area contributed by atoms with Crippen LogP contribution >= 0.6 is 23.7 Å². The summed E-state index contributed by atoms with van der Waals surface area (Å²) in [5.74, 6) is -0.268. The summed E-state index contributed by atoms with van der Waals surface area (Å²) in [5, 5.41) is 5.66. The number of benzene rings is 4. The van der Waals surface area contributed by atoms with Crippen LogP contribution in [-0.2, 0) is 0 Å². The SMILES string of the molecule is Cc1cccc(C)c1NC(=O)NS/N=C/c1ccc2c(ccc3c(-c4ccc(OC(F)(F)F)cc4)snc32)c1. The Morgan fingerprint density at radius 2 is 1.72 bits per heavy atom. The number of fused-ring (bicyclic) bond motifs is 3. The van der Waals surface area contributed by atoms with E-state index in [1.165, 1.54) is 23.7 Å². The number of amides is 2. The van der Waals surface area contributed by atoms with Gasteiger partial charge < -0.3 is 10.1 Å². The molecule has 0 saturated carbocycles. The molecule has 0 spiro atoms. The molecule has 0 saturated heterocycles. The lowest BCUT2D eigenvalue weighted by Gasteiger charge is -2.10. The molecule has 5 rings (SSSR count). The number of para-hydroxylation sites is 1. The number of carbonyl (C=O) groups excluding carboxylic acids is 1. The molecule has 0 radical (unpaired) electrons. The molecule has 0 bridgehead atoms. The number of hydrogen-bond acceptors (Lipinski definition) is 6. The predicted octanol–water partition coefficient (Wildman–Crippen LogP) is 8.44. The number of nitrogens with zero attached hydrogens (tertiary/aromatic N) is 2. The number of urea groups is 1. The van der Waals surface area contributed by atoms with E-state index in [-0.39, 0.29) is 11.8 Å². The molecule has 0 unspecified atom stereocenters. The predicted molar refractivity (Wildman–Crippen MR) is 153 cm³/mol. The number of anilines is 1. The number of aromatic nitrogens is 1. The highest BCUT2D eigenvalue weighted by Crippen LogP contribution is 2.37. The van der Waals surface area contributed by atoms with Gasteiger partial charge in [0.1, 0.15) is 5.75 Å². The average Bonchev–Trinajstić information content (AvgIpc) is 3.33. The van der Waals surface area contributed by atoms with Crippen LogP contribution in [-0.4, -0.2) is 23.0 Å². The molecule has 0 atom stereocenters. The van der Waals surface area contributed by atoms with Gasteiger partial charge in [-0.2, -0.15) is 4.37 Å². The third-order valence-electron chi connectivity index (χ3n) is 5.95. The molecule has 5 aromatic rings. The number of rotatable bonds is 6. The minimum Gasteiger partial charge on any atom is -0.406 e. The van der Waals surface area contributed by atoms with Crippen LogP contribution in [0.1, 0.15) is 16.7 Å². The second kappa shape index (κ2) is 11.0. The molecule has 0 aliphatic rings. The molecule has 198 valence electrons. The molecule has 6 nitrogen and oxygen atoms in total. The highest BCUT2D eigenvalue weighted by atomic mass is 32.2. The van der Waals surface area contributed by atoms with Gasteiger partial charge in [0.25, 0.3) is 0 Å². The van der Waals surface area contributed by atoms with Crippen LogP contribution in [0.25, 0.3) is 32.1 Å². The normalized spacial score (nSPS) is 11.8. The highest BCUT2D eigenvalue weighted by molar-refractivity contribution is 7.96. The first-order valence-corrected chi connectivity index (χ1v) is 13.2. The minimum atomic E-state index is -4.73. The summed E-state index contributed by atoms with van der Waals surface area (Å²) < 4.78 is 52.8. The summed E-state index contributed by atoms with van der Waals surface area (Å²) in [6.07, 6.45) is -3.07. The van der Waals surface area contributed by atoms with Crippen LogP contribution in [0.15, 0.2) is 77.2 Å². The van der Waals surface area contributed by atoms with Crippen LogP contribution in [0.4, 0.5) is 23.7 Å². The van der Waals surface area contributed by atoms with Crippen molar-refractivity contribution in [3.8, 4) is 16.2 Å². The Labute approximate surface area is 230 Å². The van der Waals surface area contributed by atoms with E-state index in [1.807, 2.05) is 62.4 Å². The van der Waals surface area contributed by atoms with E-state index < -0.39 is 6.36 Å². The molecule has 1 heterocycles. The number of nitrogens with one attached hydrogen (secondary N) is 2. The quantitative estimate of drug-likeness (QED) is 0.160. The molecule has 0 aliphatic carbocycles. The lowest BCUT2D eigenvalue weighted by Crippen LogP contribution is -2.23. The number of alkyl halides is 3.